The molecule has 0 aliphatic heterocycles. The Bertz CT molecular complexity index is 1280. The van der Waals surface area contributed by atoms with Crippen molar-refractivity contribution in [3.8, 4) is 5.75 Å². The van der Waals surface area contributed by atoms with E-state index in [2.05, 4.69) is 40.2 Å². The maximum absolute atomic E-state index is 12.4. The van der Waals surface area contributed by atoms with E-state index in [0.29, 0.717) is 30.8 Å². The first-order valence-electron chi connectivity index (χ1n) is 12.9. The number of benzene rings is 4. The average Bonchev–Trinajstić information content (AvgIpc) is 2.96. The van der Waals surface area contributed by atoms with E-state index in [4.69, 9.17) is 4.74 Å². The van der Waals surface area contributed by atoms with Gasteiger partial charge < -0.3 is 20.7 Å². The zero-order valence-electron chi connectivity index (χ0n) is 21.4. The van der Waals surface area contributed by atoms with Crippen molar-refractivity contribution in [1.29, 1.82) is 0 Å². The predicted octanol–water partition coefficient (Wildman–Crippen LogP) is 6.32. The number of amides is 2. The number of carbonyl (C=O) groups excluding carboxylic acids is 2. The molecule has 0 saturated heterocycles. The molecule has 0 bridgehead atoms. The van der Waals surface area contributed by atoms with Crippen LogP contribution in [0.15, 0.2) is 109 Å². The van der Waals surface area contributed by atoms with Crippen molar-refractivity contribution in [3.63, 3.8) is 0 Å². The minimum atomic E-state index is -0.161. The summed E-state index contributed by atoms with van der Waals surface area (Å²) in [6.07, 6.45) is 3.04. The predicted molar refractivity (Wildman–Crippen MR) is 154 cm³/mol. The standard InChI is InChI=1S/C32H33N3O3/c36-31(22-13-26-10-5-2-6-11-26)34-28-14-16-29(17-15-28)35-32(37)24-33-27-18-20-30(21-19-27)38-23-7-12-25-8-3-1-4-9-25/h1-6,8-11,14-21,33H,7,12-13,22-24H2,(H,34,36)(H,35,37). The van der Waals surface area contributed by atoms with Crippen LogP contribution < -0.4 is 20.7 Å². The molecule has 2 amide bonds. The van der Waals surface area contributed by atoms with Crippen molar-refractivity contribution in [2.75, 3.05) is 29.1 Å². The van der Waals surface area contributed by atoms with E-state index in [-0.39, 0.29) is 18.4 Å². The molecule has 194 valence electrons. The number of hydrogen-bond acceptors (Lipinski definition) is 4. The van der Waals surface area contributed by atoms with Gasteiger partial charge >= 0.3 is 0 Å². The molecule has 4 aromatic carbocycles. The number of carbonyl (C=O) groups is 2. The molecule has 38 heavy (non-hydrogen) atoms. The molecule has 0 unspecified atom stereocenters. The number of aryl methyl sites for hydroxylation is 2. The van der Waals surface area contributed by atoms with E-state index in [1.807, 2.05) is 60.7 Å². The van der Waals surface area contributed by atoms with Gasteiger partial charge in [-0.1, -0.05) is 60.7 Å². The van der Waals surface area contributed by atoms with Crippen LogP contribution in [0.5, 0.6) is 5.75 Å². The molecule has 0 aliphatic rings. The van der Waals surface area contributed by atoms with Gasteiger partial charge in [0.15, 0.2) is 0 Å². The van der Waals surface area contributed by atoms with Gasteiger partial charge in [0, 0.05) is 23.5 Å². The van der Waals surface area contributed by atoms with Gasteiger partial charge in [-0.2, -0.15) is 0 Å². The van der Waals surface area contributed by atoms with Crippen molar-refractivity contribution in [2.45, 2.75) is 25.7 Å². The van der Waals surface area contributed by atoms with Gasteiger partial charge in [0.05, 0.1) is 13.2 Å². The molecule has 0 aromatic heterocycles. The normalized spacial score (nSPS) is 10.4. The van der Waals surface area contributed by atoms with Crippen LogP contribution in [0.1, 0.15) is 24.0 Å². The summed E-state index contributed by atoms with van der Waals surface area (Å²) in [5.74, 6) is 0.602. The Balaban J connectivity index is 1.12. The highest BCUT2D eigenvalue weighted by Gasteiger charge is 2.06. The number of ether oxygens (including phenoxy) is 1. The summed E-state index contributed by atoms with van der Waals surface area (Å²) < 4.78 is 5.82. The summed E-state index contributed by atoms with van der Waals surface area (Å²) in [6, 6.07) is 35.0. The average molecular weight is 508 g/mol. The Hall–Kier alpha value is -4.58. The topological polar surface area (TPSA) is 79.5 Å². The first-order valence-corrected chi connectivity index (χ1v) is 12.9. The lowest BCUT2D eigenvalue weighted by molar-refractivity contribution is -0.116. The second-order valence-electron chi connectivity index (χ2n) is 8.97. The summed E-state index contributed by atoms with van der Waals surface area (Å²) >= 11 is 0. The molecule has 0 aliphatic carbocycles. The number of rotatable bonds is 13. The molecule has 0 spiro atoms. The third-order valence-corrected chi connectivity index (χ3v) is 5.96. The lowest BCUT2D eigenvalue weighted by Gasteiger charge is -2.10. The second kappa shape index (κ2) is 14.2. The fourth-order valence-corrected chi connectivity index (χ4v) is 3.93. The van der Waals surface area contributed by atoms with Crippen LogP contribution in [-0.4, -0.2) is 25.0 Å². The summed E-state index contributed by atoms with van der Waals surface area (Å²) in [5.41, 5.74) is 4.64. The van der Waals surface area contributed by atoms with E-state index in [0.717, 1.165) is 29.8 Å². The van der Waals surface area contributed by atoms with E-state index >= 15 is 0 Å². The molecule has 3 N–H and O–H groups in total. The molecule has 6 nitrogen and oxygen atoms in total. The molecule has 0 atom stereocenters. The Morgan fingerprint density at radius 1 is 0.579 bits per heavy atom. The van der Waals surface area contributed by atoms with Gasteiger partial charge in [-0.05, 0) is 78.9 Å². The molecule has 0 fully saturated rings. The molecule has 0 saturated carbocycles. The smallest absolute Gasteiger partial charge is 0.243 e. The van der Waals surface area contributed by atoms with Crippen LogP contribution in [-0.2, 0) is 22.4 Å². The van der Waals surface area contributed by atoms with Gasteiger partial charge in [0.1, 0.15) is 5.75 Å². The lowest BCUT2D eigenvalue weighted by Crippen LogP contribution is -2.21. The van der Waals surface area contributed by atoms with Crippen LogP contribution in [0.3, 0.4) is 0 Å². The number of nitrogens with one attached hydrogen (secondary N) is 3. The largest absolute Gasteiger partial charge is 0.494 e. The Morgan fingerprint density at radius 3 is 1.71 bits per heavy atom. The van der Waals surface area contributed by atoms with Crippen LogP contribution in [0.2, 0.25) is 0 Å². The summed E-state index contributed by atoms with van der Waals surface area (Å²) in [7, 11) is 0. The van der Waals surface area contributed by atoms with E-state index < -0.39 is 0 Å². The lowest BCUT2D eigenvalue weighted by atomic mass is 10.1. The molecule has 0 radical (unpaired) electrons. The maximum Gasteiger partial charge on any atom is 0.243 e. The first kappa shape index (κ1) is 26.5. The Kier molecular flexibility index (Phi) is 9.92. The van der Waals surface area contributed by atoms with Crippen LogP contribution in [0.25, 0.3) is 0 Å². The molecule has 4 aromatic rings. The van der Waals surface area contributed by atoms with E-state index in [1.165, 1.54) is 5.56 Å². The van der Waals surface area contributed by atoms with Gasteiger partial charge in [-0.15, -0.1) is 0 Å². The summed E-state index contributed by atoms with van der Waals surface area (Å²) in [5, 5.41) is 8.87. The molecule has 0 heterocycles. The Labute approximate surface area is 224 Å². The van der Waals surface area contributed by atoms with E-state index in [1.54, 1.807) is 24.3 Å². The zero-order chi connectivity index (χ0) is 26.4. The van der Waals surface area contributed by atoms with Gasteiger partial charge in [0.2, 0.25) is 11.8 Å². The van der Waals surface area contributed by atoms with Crippen LogP contribution >= 0.6 is 0 Å². The van der Waals surface area contributed by atoms with Crippen molar-refractivity contribution < 1.29 is 14.3 Å². The van der Waals surface area contributed by atoms with Gasteiger partial charge in [0.25, 0.3) is 0 Å². The maximum atomic E-state index is 12.4. The Morgan fingerprint density at radius 2 is 1.11 bits per heavy atom. The minimum Gasteiger partial charge on any atom is -0.494 e. The molecular weight excluding hydrogens is 474 g/mol. The molecule has 4 rings (SSSR count). The highest BCUT2D eigenvalue weighted by atomic mass is 16.5. The van der Waals surface area contributed by atoms with Crippen LogP contribution in [0.4, 0.5) is 17.1 Å². The zero-order valence-corrected chi connectivity index (χ0v) is 21.4. The van der Waals surface area contributed by atoms with Crippen molar-refractivity contribution in [2.24, 2.45) is 0 Å². The first-order chi connectivity index (χ1) is 18.6. The fourth-order valence-electron chi connectivity index (χ4n) is 3.93. The van der Waals surface area contributed by atoms with Crippen molar-refractivity contribution >= 4 is 28.9 Å². The molecular formula is C32H33N3O3. The third-order valence-electron chi connectivity index (χ3n) is 5.96. The highest BCUT2D eigenvalue weighted by Crippen LogP contribution is 2.17. The number of anilines is 3. The summed E-state index contributed by atoms with van der Waals surface area (Å²) in [6.45, 7) is 0.787. The third kappa shape index (κ3) is 9.13. The van der Waals surface area contributed by atoms with Gasteiger partial charge in [-0.3, -0.25) is 9.59 Å². The fraction of sp³-hybridized carbons (Fsp3) is 0.188. The monoisotopic (exact) mass is 507 g/mol. The highest BCUT2D eigenvalue weighted by molar-refractivity contribution is 5.94. The van der Waals surface area contributed by atoms with Crippen molar-refractivity contribution in [1.82, 2.24) is 0 Å². The molecule has 6 heteroatoms. The van der Waals surface area contributed by atoms with Crippen LogP contribution in [0, 0.1) is 0 Å². The van der Waals surface area contributed by atoms with Gasteiger partial charge in [-0.25, -0.2) is 0 Å². The number of hydrogen-bond donors (Lipinski definition) is 3. The van der Waals surface area contributed by atoms with E-state index in [9.17, 15) is 9.59 Å². The minimum absolute atomic E-state index is 0.0431. The van der Waals surface area contributed by atoms with Crippen molar-refractivity contribution in [3.05, 3.63) is 120 Å². The summed E-state index contributed by atoms with van der Waals surface area (Å²) in [4.78, 5) is 24.6. The quantitative estimate of drug-likeness (QED) is 0.185. The SMILES string of the molecule is O=C(CCc1ccccc1)Nc1ccc(NC(=O)CNc2ccc(OCCCc3ccccc3)cc2)cc1. The second-order valence-corrected chi connectivity index (χ2v) is 8.97.